The zero-order valence-corrected chi connectivity index (χ0v) is 12.1. The minimum atomic E-state index is -0.909. The van der Waals surface area contributed by atoms with Crippen LogP contribution in [0.15, 0.2) is 11.4 Å². The van der Waals surface area contributed by atoms with E-state index in [1.54, 1.807) is 6.92 Å². The number of carbonyl (C=O) groups excluding carboxylic acids is 1. The lowest BCUT2D eigenvalue weighted by Crippen LogP contribution is -2.34. The van der Waals surface area contributed by atoms with E-state index >= 15 is 0 Å². The number of Topliss-reactive ketones (excluding diaryl/α,β-unsaturated/α-hetero) is 1. The van der Waals surface area contributed by atoms with Crippen LogP contribution in [0, 0.1) is 0 Å². The molecule has 1 aliphatic heterocycles. The molecule has 0 radical (unpaired) electrons. The van der Waals surface area contributed by atoms with Gasteiger partial charge in [0.2, 0.25) is 0 Å². The average Bonchev–Trinajstić information content (AvgIpc) is 2.76. The van der Waals surface area contributed by atoms with Crippen molar-refractivity contribution in [3.8, 4) is 0 Å². The van der Waals surface area contributed by atoms with Gasteiger partial charge in [0.15, 0.2) is 5.78 Å². The molecule has 1 saturated heterocycles. The summed E-state index contributed by atoms with van der Waals surface area (Å²) >= 11 is 1.49. The largest absolute Gasteiger partial charge is 0.393 e. The van der Waals surface area contributed by atoms with Gasteiger partial charge < -0.3 is 10.2 Å². The quantitative estimate of drug-likeness (QED) is 0.825. The molecule has 2 heterocycles. The van der Waals surface area contributed by atoms with E-state index in [1.165, 1.54) is 11.3 Å². The fourth-order valence-corrected chi connectivity index (χ4v) is 3.26. The summed E-state index contributed by atoms with van der Waals surface area (Å²) in [5.41, 5.74) is 0.248. The Morgan fingerprint density at radius 1 is 1.47 bits per heavy atom. The van der Waals surface area contributed by atoms with Crippen molar-refractivity contribution in [1.82, 2.24) is 4.90 Å². The van der Waals surface area contributed by atoms with Gasteiger partial charge in [0, 0.05) is 13.1 Å². The second kappa shape index (κ2) is 6.13. The SMILES string of the molecule is CC(=O)c1cc(CN2CCCC(O)(CO)CC2)cs1. The van der Waals surface area contributed by atoms with Gasteiger partial charge in [-0.05, 0) is 49.7 Å². The van der Waals surface area contributed by atoms with E-state index < -0.39 is 5.60 Å². The summed E-state index contributed by atoms with van der Waals surface area (Å²) in [5, 5.41) is 21.3. The topological polar surface area (TPSA) is 60.8 Å². The Hall–Kier alpha value is -0.750. The zero-order chi connectivity index (χ0) is 13.9. The van der Waals surface area contributed by atoms with Gasteiger partial charge in [-0.1, -0.05) is 0 Å². The molecule has 1 unspecified atom stereocenters. The van der Waals surface area contributed by atoms with Gasteiger partial charge in [0.25, 0.3) is 0 Å². The first kappa shape index (κ1) is 14.7. The minimum Gasteiger partial charge on any atom is -0.393 e. The second-order valence-electron chi connectivity index (χ2n) is 5.39. The van der Waals surface area contributed by atoms with Crippen LogP contribution in [0.4, 0.5) is 0 Å². The molecule has 1 aliphatic rings. The number of carbonyl (C=O) groups is 1. The minimum absolute atomic E-state index is 0.113. The molecular formula is C14H21NO3S. The van der Waals surface area contributed by atoms with Crippen LogP contribution >= 0.6 is 11.3 Å². The Kier molecular flexibility index (Phi) is 4.73. The van der Waals surface area contributed by atoms with Crippen molar-refractivity contribution >= 4 is 17.1 Å². The average molecular weight is 283 g/mol. The van der Waals surface area contributed by atoms with Gasteiger partial charge >= 0.3 is 0 Å². The molecule has 0 bridgehead atoms. The molecule has 0 aromatic carbocycles. The number of aliphatic hydroxyl groups is 2. The molecule has 4 nitrogen and oxygen atoms in total. The fraction of sp³-hybridized carbons (Fsp3) is 0.643. The Morgan fingerprint density at radius 3 is 2.89 bits per heavy atom. The number of likely N-dealkylation sites (tertiary alicyclic amines) is 1. The lowest BCUT2D eigenvalue weighted by molar-refractivity contribution is -0.0255. The van der Waals surface area contributed by atoms with Crippen molar-refractivity contribution in [2.45, 2.75) is 38.3 Å². The standard InChI is InChI=1S/C14H21NO3S/c1-11(17)13-7-12(9-19-13)8-15-5-2-3-14(18,10-16)4-6-15/h7,9,16,18H,2-6,8,10H2,1H3. The number of ketones is 1. The Morgan fingerprint density at radius 2 is 2.26 bits per heavy atom. The zero-order valence-electron chi connectivity index (χ0n) is 11.3. The molecule has 1 aromatic heterocycles. The molecule has 5 heteroatoms. The number of aliphatic hydroxyl groups excluding tert-OH is 1. The summed E-state index contributed by atoms with van der Waals surface area (Å²) in [6, 6.07) is 1.95. The third-order valence-corrected chi connectivity index (χ3v) is 4.79. The van der Waals surface area contributed by atoms with Gasteiger partial charge in [-0.15, -0.1) is 11.3 Å². The van der Waals surface area contributed by atoms with Crippen LogP contribution in [0.5, 0.6) is 0 Å². The van der Waals surface area contributed by atoms with Crippen molar-refractivity contribution in [3.05, 3.63) is 21.9 Å². The van der Waals surface area contributed by atoms with Crippen molar-refractivity contribution in [2.75, 3.05) is 19.7 Å². The first-order valence-corrected chi connectivity index (χ1v) is 7.54. The predicted octanol–water partition coefficient (Wildman–Crippen LogP) is 1.66. The summed E-state index contributed by atoms with van der Waals surface area (Å²) < 4.78 is 0. The number of hydrogen-bond acceptors (Lipinski definition) is 5. The number of nitrogens with zero attached hydrogens (tertiary/aromatic N) is 1. The number of thiophene rings is 1. The first-order valence-electron chi connectivity index (χ1n) is 6.66. The van der Waals surface area contributed by atoms with Crippen molar-refractivity contribution in [1.29, 1.82) is 0 Å². The van der Waals surface area contributed by atoms with Crippen LogP contribution < -0.4 is 0 Å². The maximum Gasteiger partial charge on any atom is 0.169 e. The summed E-state index contributed by atoms with van der Waals surface area (Å²) in [6.45, 7) is 3.94. The van der Waals surface area contributed by atoms with E-state index in [1.807, 2.05) is 11.4 Å². The lowest BCUT2D eigenvalue weighted by atomic mass is 9.96. The van der Waals surface area contributed by atoms with Crippen LogP contribution in [0.1, 0.15) is 41.4 Å². The highest BCUT2D eigenvalue weighted by molar-refractivity contribution is 7.12. The van der Waals surface area contributed by atoms with Crippen LogP contribution in [-0.4, -0.2) is 46.2 Å². The molecule has 0 spiro atoms. The molecule has 106 valence electrons. The number of hydrogen-bond donors (Lipinski definition) is 2. The molecule has 0 amide bonds. The molecule has 2 N–H and O–H groups in total. The Balaban J connectivity index is 1.94. The third-order valence-electron chi connectivity index (χ3n) is 3.71. The smallest absolute Gasteiger partial charge is 0.169 e. The monoisotopic (exact) mass is 283 g/mol. The second-order valence-corrected chi connectivity index (χ2v) is 6.30. The van der Waals surface area contributed by atoms with Crippen molar-refractivity contribution in [2.24, 2.45) is 0 Å². The first-order chi connectivity index (χ1) is 9.02. The molecule has 0 saturated carbocycles. The molecule has 1 aromatic rings. The Bertz CT molecular complexity index is 446. The molecule has 19 heavy (non-hydrogen) atoms. The molecule has 0 aliphatic carbocycles. The normalized spacial score (nSPS) is 25.2. The third kappa shape index (κ3) is 3.86. The van der Waals surface area contributed by atoms with E-state index in [9.17, 15) is 15.0 Å². The van der Waals surface area contributed by atoms with E-state index in [2.05, 4.69) is 4.90 Å². The fourth-order valence-electron chi connectivity index (χ4n) is 2.45. The maximum absolute atomic E-state index is 11.3. The highest BCUT2D eigenvalue weighted by Crippen LogP contribution is 2.24. The molecule has 2 rings (SSSR count). The van der Waals surface area contributed by atoms with Crippen molar-refractivity contribution in [3.63, 3.8) is 0 Å². The van der Waals surface area contributed by atoms with Crippen molar-refractivity contribution < 1.29 is 15.0 Å². The van der Waals surface area contributed by atoms with E-state index in [4.69, 9.17) is 0 Å². The van der Waals surface area contributed by atoms with E-state index in [-0.39, 0.29) is 12.4 Å². The van der Waals surface area contributed by atoms with Gasteiger partial charge in [0.1, 0.15) is 0 Å². The predicted molar refractivity (Wildman–Crippen MR) is 75.5 cm³/mol. The van der Waals surface area contributed by atoms with Gasteiger partial charge in [-0.2, -0.15) is 0 Å². The highest BCUT2D eigenvalue weighted by atomic mass is 32.1. The van der Waals surface area contributed by atoms with Crippen LogP contribution in [-0.2, 0) is 6.54 Å². The summed E-state index contributed by atoms with van der Waals surface area (Å²) in [5.74, 6) is 0.113. The summed E-state index contributed by atoms with van der Waals surface area (Å²) in [4.78, 5) is 14.3. The van der Waals surface area contributed by atoms with Crippen LogP contribution in [0.3, 0.4) is 0 Å². The van der Waals surface area contributed by atoms with Crippen LogP contribution in [0.2, 0.25) is 0 Å². The molecule has 1 fully saturated rings. The molecule has 1 atom stereocenters. The van der Waals surface area contributed by atoms with E-state index in [0.29, 0.717) is 12.8 Å². The lowest BCUT2D eigenvalue weighted by Gasteiger charge is -2.24. The molecular weight excluding hydrogens is 262 g/mol. The van der Waals surface area contributed by atoms with Gasteiger partial charge in [-0.3, -0.25) is 9.69 Å². The Labute approximate surface area is 117 Å². The van der Waals surface area contributed by atoms with Gasteiger partial charge in [0.05, 0.1) is 17.1 Å². The summed E-state index contributed by atoms with van der Waals surface area (Å²) in [6.07, 6.45) is 2.15. The maximum atomic E-state index is 11.3. The van der Waals surface area contributed by atoms with Gasteiger partial charge in [-0.25, -0.2) is 0 Å². The van der Waals surface area contributed by atoms with E-state index in [0.717, 1.165) is 36.5 Å². The summed E-state index contributed by atoms with van der Waals surface area (Å²) in [7, 11) is 0. The van der Waals surface area contributed by atoms with Crippen LogP contribution in [0.25, 0.3) is 0 Å². The number of rotatable bonds is 4. The highest BCUT2D eigenvalue weighted by Gasteiger charge is 2.29.